The quantitative estimate of drug-likeness (QED) is 0.134. The monoisotopic (exact) mass is 658 g/mol. The first-order valence-electron chi connectivity index (χ1n) is 15.1. The molecule has 1 amide bonds. The van der Waals surface area contributed by atoms with Gasteiger partial charge in [-0.3, -0.25) is 19.7 Å². The van der Waals surface area contributed by atoms with Crippen LogP contribution in [0.3, 0.4) is 0 Å². The molecular weight excluding hydrogens is 624 g/mol. The number of hydrogen-bond donors (Lipinski definition) is 4. The number of hydrogen-bond acceptors (Lipinski definition) is 11. The Bertz CT molecular complexity index is 1740. The van der Waals surface area contributed by atoms with Crippen molar-refractivity contribution in [2.24, 2.45) is 0 Å². The first-order chi connectivity index (χ1) is 23.0. The highest BCUT2D eigenvalue weighted by molar-refractivity contribution is 6.32. The van der Waals surface area contributed by atoms with Crippen molar-refractivity contribution in [3.8, 4) is 17.6 Å². The normalized spacial score (nSPS) is 14.4. The van der Waals surface area contributed by atoms with Crippen LogP contribution in [0.25, 0.3) is 10.9 Å². The number of aliphatic hydroxyl groups excluding tert-OH is 2. The summed E-state index contributed by atoms with van der Waals surface area (Å²) >= 11 is 6.56. The number of benzene rings is 2. The number of aromatic nitrogens is 2. The summed E-state index contributed by atoms with van der Waals surface area (Å²) < 4.78 is 17.6. The molecule has 0 spiro atoms. The van der Waals surface area contributed by atoms with E-state index >= 15 is 0 Å². The molecule has 2 aromatic carbocycles. The number of pyridine rings is 2. The molecule has 0 radical (unpaired) electrons. The Morgan fingerprint density at radius 2 is 2.00 bits per heavy atom. The number of amides is 1. The minimum atomic E-state index is -0.406. The van der Waals surface area contributed by atoms with Crippen LogP contribution in [-0.2, 0) is 16.1 Å². The van der Waals surface area contributed by atoms with Crippen LogP contribution >= 0.6 is 11.6 Å². The molecule has 13 heteroatoms. The number of anilines is 3. The Balaban J connectivity index is 1.42. The Labute approximate surface area is 277 Å². The van der Waals surface area contributed by atoms with Gasteiger partial charge in [-0.05, 0) is 36.4 Å². The molecule has 0 bridgehead atoms. The third-order valence-electron chi connectivity index (χ3n) is 7.30. The van der Waals surface area contributed by atoms with E-state index in [0.29, 0.717) is 83.8 Å². The predicted octanol–water partition coefficient (Wildman–Crippen LogP) is 4.43. The van der Waals surface area contributed by atoms with E-state index in [9.17, 15) is 20.3 Å². The summed E-state index contributed by atoms with van der Waals surface area (Å²) in [6, 6.07) is 16.4. The average Bonchev–Trinajstić information content (AvgIpc) is 3.59. The molecule has 1 atom stereocenters. The van der Waals surface area contributed by atoms with Crippen LogP contribution in [0.2, 0.25) is 5.02 Å². The molecule has 4 N–H and O–H groups in total. The summed E-state index contributed by atoms with van der Waals surface area (Å²) in [5.74, 6) is 0.490. The molecule has 0 saturated carbocycles. The van der Waals surface area contributed by atoms with Crippen molar-refractivity contribution in [3.63, 3.8) is 0 Å². The lowest BCUT2D eigenvalue weighted by molar-refractivity contribution is -0.111. The van der Waals surface area contributed by atoms with Gasteiger partial charge in [-0.1, -0.05) is 23.7 Å². The summed E-state index contributed by atoms with van der Waals surface area (Å²) in [6.45, 7) is 2.24. The molecule has 1 fully saturated rings. The van der Waals surface area contributed by atoms with Crippen molar-refractivity contribution >= 4 is 45.5 Å². The highest BCUT2D eigenvalue weighted by Gasteiger charge is 2.21. The largest absolute Gasteiger partial charge is 0.486 e. The van der Waals surface area contributed by atoms with Gasteiger partial charge >= 0.3 is 0 Å². The van der Waals surface area contributed by atoms with E-state index in [1.165, 1.54) is 12.3 Å². The van der Waals surface area contributed by atoms with E-state index in [2.05, 4.69) is 26.7 Å². The summed E-state index contributed by atoms with van der Waals surface area (Å²) in [6.07, 6.45) is 6.72. The van der Waals surface area contributed by atoms with Gasteiger partial charge in [0.05, 0.1) is 59.6 Å². The second-order valence-electron chi connectivity index (χ2n) is 10.6. The smallest absolute Gasteiger partial charge is 0.248 e. The zero-order valence-electron chi connectivity index (χ0n) is 25.6. The van der Waals surface area contributed by atoms with Crippen LogP contribution in [0, 0.1) is 11.3 Å². The van der Waals surface area contributed by atoms with Gasteiger partial charge in [-0.2, -0.15) is 5.26 Å². The van der Waals surface area contributed by atoms with Gasteiger partial charge in [0.25, 0.3) is 0 Å². The zero-order chi connectivity index (χ0) is 33.0. The van der Waals surface area contributed by atoms with Crippen LogP contribution < -0.4 is 20.1 Å². The molecule has 0 unspecified atom stereocenters. The van der Waals surface area contributed by atoms with E-state index in [4.69, 9.17) is 25.8 Å². The van der Waals surface area contributed by atoms with Gasteiger partial charge in [0, 0.05) is 61.7 Å². The van der Waals surface area contributed by atoms with Gasteiger partial charge in [0.1, 0.15) is 30.3 Å². The van der Waals surface area contributed by atoms with Crippen molar-refractivity contribution in [2.45, 2.75) is 19.1 Å². The number of nitrogens with one attached hydrogen (secondary N) is 2. The van der Waals surface area contributed by atoms with Crippen LogP contribution in [0.15, 0.2) is 73.1 Å². The minimum Gasteiger partial charge on any atom is -0.486 e. The molecule has 2 aromatic heterocycles. The molecule has 244 valence electrons. The Hall–Kier alpha value is -4.77. The number of fused-ring (bicyclic) bond motifs is 1. The number of nitriles is 1. The highest BCUT2D eigenvalue weighted by Crippen LogP contribution is 2.38. The van der Waals surface area contributed by atoms with E-state index in [1.54, 1.807) is 42.6 Å². The van der Waals surface area contributed by atoms with Crippen LogP contribution in [0.5, 0.6) is 11.5 Å². The number of halogens is 1. The number of aliphatic hydroxyl groups is 2. The molecule has 1 aliphatic rings. The van der Waals surface area contributed by atoms with Gasteiger partial charge < -0.3 is 35.1 Å². The summed E-state index contributed by atoms with van der Waals surface area (Å²) in [5.41, 5.74) is 3.06. The van der Waals surface area contributed by atoms with Crippen molar-refractivity contribution in [1.82, 2.24) is 14.9 Å². The number of carbonyl (C=O) groups excluding carboxylic acids is 1. The second kappa shape index (κ2) is 16.7. The Kier molecular flexibility index (Phi) is 11.9. The fraction of sp³-hybridized carbons (Fsp3) is 0.294. The number of ether oxygens (including phenoxy) is 3. The lowest BCUT2D eigenvalue weighted by atomic mass is 10.1. The second-order valence-corrected chi connectivity index (χ2v) is 11.1. The average molecular weight is 659 g/mol. The first-order valence-corrected chi connectivity index (χ1v) is 15.5. The predicted molar refractivity (Wildman–Crippen MR) is 178 cm³/mol. The molecular formula is C34H35ClN6O6. The highest BCUT2D eigenvalue weighted by atomic mass is 35.5. The third kappa shape index (κ3) is 9.16. The molecule has 5 rings (SSSR count). The van der Waals surface area contributed by atoms with E-state index < -0.39 is 5.91 Å². The maximum Gasteiger partial charge on any atom is 0.248 e. The molecule has 47 heavy (non-hydrogen) atoms. The summed E-state index contributed by atoms with van der Waals surface area (Å²) in [4.78, 5) is 23.6. The van der Waals surface area contributed by atoms with E-state index in [0.717, 1.165) is 5.69 Å². The number of nitrogens with zero attached hydrogens (tertiary/aromatic N) is 4. The van der Waals surface area contributed by atoms with Crippen LogP contribution in [0.1, 0.15) is 17.7 Å². The number of carbonyl (C=O) groups is 1. The lowest BCUT2D eigenvalue weighted by Gasteiger charge is -2.19. The first kappa shape index (κ1) is 33.6. The van der Waals surface area contributed by atoms with Crippen LogP contribution in [0.4, 0.5) is 17.1 Å². The minimum absolute atomic E-state index is 0.0616. The standard InChI is InChI=1S/C34H35ClN6O6/c35-28-16-24(6-7-31(28)46-21-25-4-1-2-9-37-25)39-34-23(19-36)20-38-29-18-32(47-26-8-15-45-22-26)30(17-27(29)34)40-33(44)5-3-10-41(11-13-42)12-14-43/h1-7,9,16-18,20,26,42-43H,8,10-15,21-22H2,(H,38,39)(H,40,44)/b5-3+/t26-/m0/s1. The summed E-state index contributed by atoms with van der Waals surface area (Å²) in [7, 11) is 0. The molecule has 3 heterocycles. The molecule has 0 aliphatic carbocycles. The van der Waals surface area contributed by atoms with E-state index in [-0.39, 0.29) is 31.5 Å². The van der Waals surface area contributed by atoms with Crippen molar-refractivity contribution in [2.75, 3.05) is 56.7 Å². The Morgan fingerprint density at radius 3 is 2.70 bits per heavy atom. The maximum absolute atomic E-state index is 13.0. The van der Waals surface area contributed by atoms with Gasteiger partial charge in [-0.25, -0.2) is 0 Å². The SMILES string of the molecule is N#Cc1cnc2cc(O[C@H]3CCOC3)c(NC(=O)/C=C/CN(CCO)CCO)cc2c1Nc1ccc(OCc2ccccn2)c(Cl)c1. The lowest BCUT2D eigenvalue weighted by Crippen LogP contribution is -2.30. The fourth-order valence-corrected chi connectivity index (χ4v) is 5.19. The van der Waals surface area contributed by atoms with Gasteiger partial charge in [-0.15, -0.1) is 0 Å². The molecule has 12 nitrogen and oxygen atoms in total. The van der Waals surface area contributed by atoms with E-state index in [1.807, 2.05) is 23.1 Å². The van der Waals surface area contributed by atoms with Gasteiger partial charge in [0.15, 0.2) is 0 Å². The molecule has 1 saturated heterocycles. The van der Waals surface area contributed by atoms with Crippen LogP contribution in [-0.4, -0.2) is 83.2 Å². The Morgan fingerprint density at radius 1 is 1.15 bits per heavy atom. The van der Waals surface area contributed by atoms with Crippen molar-refractivity contribution in [3.05, 3.63) is 89.4 Å². The van der Waals surface area contributed by atoms with Gasteiger partial charge in [0.2, 0.25) is 5.91 Å². The van der Waals surface area contributed by atoms with Crippen molar-refractivity contribution < 1.29 is 29.2 Å². The fourth-order valence-electron chi connectivity index (χ4n) is 4.96. The van der Waals surface area contributed by atoms with Crippen molar-refractivity contribution in [1.29, 1.82) is 5.26 Å². The molecule has 4 aromatic rings. The third-order valence-corrected chi connectivity index (χ3v) is 7.59. The zero-order valence-corrected chi connectivity index (χ0v) is 26.3. The number of rotatable bonds is 15. The topological polar surface area (TPSA) is 162 Å². The summed E-state index contributed by atoms with van der Waals surface area (Å²) in [5, 5.41) is 35.6. The molecule has 1 aliphatic heterocycles. The maximum atomic E-state index is 13.0.